The molecule has 7 heteroatoms. The van der Waals surface area contributed by atoms with Gasteiger partial charge in [-0.15, -0.1) is 0 Å². The Morgan fingerprint density at radius 2 is 1.04 bits per heavy atom. The minimum Gasteiger partial charge on any atom is -0.493 e. The Hall–Kier alpha value is -3.09. The van der Waals surface area contributed by atoms with Gasteiger partial charge in [-0.3, -0.25) is 0 Å². The van der Waals surface area contributed by atoms with Crippen molar-refractivity contribution in [2.75, 3.05) is 28.4 Å². The molecule has 0 fully saturated rings. The van der Waals surface area contributed by atoms with Crippen LogP contribution in [0.4, 0.5) is 4.79 Å². The third-order valence-corrected chi connectivity index (χ3v) is 3.61. The van der Waals surface area contributed by atoms with Crippen LogP contribution < -0.4 is 18.9 Å². The summed E-state index contributed by atoms with van der Waals surface area (Å²) in [6.45, 7) is 0.121. The minimum absolute atomic E-state index is 0.0606. The minimum atomic E-state index is -0.769. The van der Waals surface area contributed by atoms with E-state index in [9.17, 15) is 4.79 Å². The third-order valence-electron chi connectivity index (χ3n) is 3.61. The molecule has 0 radical (unpaired) electrons. The quantitative estimate of drug-likeness (QED) is 0.665. The number of hydrogen-bond acceptors (Lipinski definition) is 7. The van der Waals surface area contributed by atoms with Crippen LogP contribution in [-0.4, -0.2) is 34.6 Å². The molecule has 2 aromatic carbocycles. The van der Waals surface area contributed by atoms with Gasteiger partial charge in [0.25, 0.3) is 0 Å². The monoisotopic (exact) mass is 362 g/mol. The number of rotatable bonds is 8. The van der Waals surface area contributed by atoms with Gasteiger partial charge in [0.2, 0.25) is 0 Å². The molecule has 26 heavy (non-hydrogen) atoms. The van der Waals surface area contributed by atoms with E-state index >= 15 is 0 Å². The standard InChI is InChI=1S/C19H22O7/c1-21-15-7-5-13(9-17(15)23-3)11-25-19(20)26-12-14-6-8-16(22-2)18(10-14)24-4/h5-10H,11-12H2,1-4H3. The van der Waals surface area contributed by atoms with E-state index in [1.54, 1.807) is 64.8 Å². The highest BCUT2D eigenvalue weighted by Gasteiger charge is 2.10. The van der Waals surface area contributed by atoms with Crippen molar-refractivity contribution < 1.29 is 33.2 Å². The lowest BCUT2D eigenvalue weighted by molar-refractivity contribution is 0.0445. The van der Waals surface area contributed by atoms with E-state index in [0.29, 0.717) is 23.0 Å². The van der Waals surface area contributed by atoms with Gasteiger partial charge in [0.15, 0.2) is 23.0 Å². The molecule has 0 aliphatic heterocycles. The van der Waals surface area contributed by atoms with E-state index in [0.717, 1.165) is 11.1 Å². The van der Waals surface area contributed by atoms with Crippen LogP contribution in [0.15, 0.2) is 36.4 Å². The van der Waals surface area contributed by atoms with Crippen LogP contribution in [0, 0.1) is 0 Å². The summed E-state index contributed by atoms with van der Waals surface area (Å²) in [6, 6.07) is 10.5. The predicted molar refractivity (Wildman–Crippen MR) is 94.1 cm³/mol. The van der Waals surface area contributed by atoms with Gasteiger partial charge in [-0.1, -0.05) is 12.1 Å². The largest absolute Gasteiger partial charge is 0.508 e. The fourth-order valence-electron chi connectivity index (χ4n) is 2.27. The van der Waals surface area contributed by atoms with Crippen LogP contribution in [0.3, 0.4) is 0 Å². The molecule has 0 spiro atoms. The van der Waals surface area contributed by atoms with E-state index in [1.807, 2.05) is 0 Å². The highest BCUT2D eigenvalue weighted by Crippen LogP contribution is 2.29. The Morgan fingerprint density at radius 3 is 1.38 bits per heavy atom. The number of methoxy groups -OCH3 is 4. The second-order valence-electron chi connectivity index (χ2n) is 5.21. The van der Waals surface area contributed by atoms with Crippen LogP contribution in [0.2, 0.25) is 0 Å². The van der Waals surface area contributed by atoms with Gasteiger partial charge < -0.3 is 28.4 Å². The average molecular weight is 362 g/mol. The van der Waals surface area contributed by atoms with Crippen molar-refractivity contribution in [3.63, 3.8) is 0 Å². The number of benzene rings is 2. The molecule has 0 heterocycles. The zero-order chi connectivity index (χ0) is 18.9. The zero-order valence-corrected chi connectivity index (χ0v) is 15.2. The van der Waals surface area contributed by atoms with E-state index in [2.05, 4.69) is 0 Å². The summed E-state index contributed by atoms with van der Waals surface area (Å²) < 4.78 is 31.0. The number of carbonyl (C=O) groups excluding carboxylic acids is 1. The summed E-state index contributed by atoms with van der Waals surface area (Å²) >= 11 is 0. The van der Waals surface area contributed by atoms with E-state index in [-0.39, 0.29) is 13.2 Å². The van der Waals surface area contributed by atoms with Gasteiger partial charge in [-0.05, 0) is 35.4 Å². The lowest BCUT2D eigenvalue weighted by atomic mass is 10.2. The average Bonchev–Trinajstić information content (AvgIpc) is 2.69. The van der Waals surface area contributed by atoms with Gasteiger partial charge in [0.05, 0.1) is 28.4 Å². The maximum Gasteiger partial charge on any atom is 0.508 e. The van der Waals surface area contributed by atoms with Crippen molar-refractivity contribution in [3.8, 4) is 23.0 Å². The molecule has 140 valence electrons. The lowest BCUT2D eigenvalue weighted by Gasteiger charge is -2.11. The van der Waals surface area contributed by atoms with Crippen molar-refractivity contribution in [2.24, 2.45) is 0 Å². The lowest BCUT2D eigenvalue weighted by Crippen LogP contribution is -2.08. The Balaban J connectivity index is 1.87. The molecule has 0 saturated carbocycles. The molecule has 0 saturated heterocycles. The SMILES string of the molecule is COc1ccc(COC(=O)OCc2ccc(OC)c(OC)c2)cc1OC. The summed E-state index contributed by atoms with van der Waals surface area (Å²) in [5.41, 5.74) is 1.51. The normalized spacial score (nSPS) is 10.0. The summed E-state index contributed by atoms with van der Waals surface area (Å²) in [6.07, 6.45) is -0.769. The summed E-state index contributed by atoms with van der Waals surface area (Å²) in [4.78, 5) is 11.8. The molecular formula is C19H22O7. The van der Waals surface area contributed by atoms with Crippen molar-refractivity contribution in [1.29, 1.82) is 0 Å². The predicted octanol–water partition coefficient (Wildman–Crippen LogP) is 3.57. The van der Waals surface area contributed by atoms with Gasteiger partial charge in [0, 0.05) is 0 Å². The first-order chi connectivity index (χ1) is 12.6. The molecule has 0 aliphatic carbocycles. The molecule has 0 aromatic heterocycles. The molecule has 0 unspecified atom stereocenters. The van der Waals surface area contributed by atoms with E-state index < -0.39 is 6.16 Å². The van der Waals surface area contributed by atoms with E-state index in [4.69, 9.17) is 28.4 Å². The van der Waals surface area contributed by atoms with Crippen molar-refractivity contribution in [2.45, 2.75) is 13.2 Å². The topological polar surface area (TPSA) is 72.5 Å². The van der Waals surface area contributed by atoms with Gasteiger partial charge in [0.1, 0.15) is 13.2 Å². The maximum absolute atomic E-state index is 11.8. The van der Waals surface area contributed by atoms with Gasteiger partial charge in [-0.2, -0.15) is 0 Å². The fourth-order valence-corrected chi connectivity index (χ4v) is 2.27. The Labute approximate surface area is 152 Å². The van der Waals surface area contributed by atoms with Crippen LogP contribution in [-0.2, 0) is 22.7 Å². The fraction of sp³-hybridized carbons (Fsp3) is 0.316. The Kier molecular flexibility index (Phi) is 6.96. The van der Waals surface area contributed by atoms with Crippen LogP contribution >= 0.6 is 0 Å². The number of ether oxygens (including phenoxy) is 6. The first-order valence-electron chi connectivity index (χ1n) is 7.82. The second-order valence-corrected chi connectivity index (χ2v) is 5.21. The molecular weight excluding hydrogens is 340 g/mol. The smallest absolute Gasteiger partial charge is 0.493 e. The first kappa shape index (κ1) is 19.2. The number of hydrogen-bond donors (Lipinski definition) is 0. The molecule has 0 N–H and O–H groups in total. The summed E-state index contributed by atoms with van der Waals surface area (Å²) in [7, 11) is 6.19. The molecule has 0 bridgehead atoms. The number of carbonyl (C=O) groups is 1. The molecule has 2 rings (SSSR count). The van der Waals surface area contributed by atoms with Gasteiger partial charge in [-0.25, -0.2) is 4.79 Å². The first-order valence-corrected chi connectivity index (χ1v) is 7.82. The molecule has 0 amide bonds. The summed E-state index contributed by atoms with van der Waals surface area (Å²) in [5, 5.41) is 0. The van der Waals surface area contributed by atoms with Crippen LogP contribution in [0.25, 0.3) is 0 Å². The second kappa shape index (κ2) is 9.41. The maximum atomic E-state index is 11.8. The highest BCUT2D eigenvalue weighted by molar-refractivity contribution is 5.60. The zero-order valence-electron chi connectivity index (χ0n) is 15.2. The molecule has 0 atom stereocenters. The molecule has 7 nitrogen and oxygen atoms in total. The van der Waals surface area contributed by atoms with Crippen molar-refractivity contribution in [1.82, 2.24) is 0 Å². The van der Waals surface area contributed by atoms with Crippen molar-refractivity contribution in [3.05, 3.63) is 47.5 Å². The highest BCUT2D eigenvalue weighted by atomic mass is 16.7. The third kappa shape index (κ3) is 4.95. The van der Waals surface area contributed by atoms with Crippen molar-refractivity contribution >= 4 is 6.16 Å². The summed E-state index contributed by atoms with van der Waals surface area (Å²) in [5.74, 6) is 2.33. The molecule has 0 aliphatic rings. The molecule has 2 aromatic rings. The van der Waals surface area contributed by atoms with Gasteiger partial charge >= 0.3 is 6.16 Å². The Bertz CT molecular complexity index is 681. The van der Waals surface area contributed by atoms with E-state index in [1.165, 1.54) is 0 Å². The van der Waals surface area contributed by atoms with Crippen LogP contribution in [0.5, 0.6) is 23.0 Å². The Morgan fingerprint density at radius 1 is 0.654 bits per heavy atom. The van der Waals surface area contributed by atoms with Crippen LogP contribution in [0.1, 0.15) is 11.1 Å².